The zero-order valence-corrected chi connectivity index (χ0v) is 21.4. The van der Waals surface area contributed by atoms with Gasteiger partial charge in [-0.15, -0.1) is 0 Å². The molecule has 4 rings (SSSR count). The first kappa shape index (κ1) is 24.8. The van der Waals surface area contributed by atoms with E-state index in [1.54, 1.807) is 29.9 Å². The van der Waals surface area contributed by atoms with Crippen molar-refractivity contribution >= 4 is 23.4 Å². The van der Waals surface area contributed by atoms with Gasteiger partial charge in [0.15, 0.2) is 11.5 Å². The topological polar surface area (TPSA) is 88.4 Å². The van der Waals surface area contributed by atoms with Crippen molar-refractivity contribution < 1.29 is 19.0 Å². The molecule has 0 fully saturated rings. The monoisotopic (exact) mass is 495 g/mol. The number of hydrogen-bond acceptors (Lipinski definition) is 6. The molecule has 1 aliphatic heterocycles. The number of anilines is 1. The zero-order chi connectivity index (χ0) is 24.9. The first-order valence-electron chi connectivity index (χ1n) is 11.8. The minimum Gasteiger partial charge on any atom is -0.493 e. The summed E-state index contributed by atoms with van der Waals surface area (Å²) in [5, 5.41) is 5.37. The maximum absolute atomic E-state index is 13.4. The molecule has 3 aromatic rings. The van der Waals surface area contributed by atoms with Crippen molar-refractivity contribution in [1.82, 2.24) is 10.1 Å². The number of nitrogens with one attached hydrogen (secondary N) is 1. The molecular weight excluding hydrogens is 464 g/mol. The summed E-state index contributed by atoms with van der Waals surface area (Å²) in [6.07, 6.45) is 3.88. The van der Waals surface area contributed by atoms with Gasteiger partial charge in [-0.3, -0.25) is 14.6 Å². The molecule has 0 bridgehead atoms. The zero-order valence-electron chi connectivity index (χ0n) is 20.5. The molecule has 8 nitrogen and oxygen atoms in total. The molecule has 0 saturated heterocycles. The van der Waals surface area contributed by atoms with Crippen LogP contribution in [0.25, 0.3) is 11.3 Å². The Balaban J connectivity index is 1.87. The predicted molar refractivity (Wildman–Crippen MR) is 136 cm³/mol. The largest absolute Gasteiger partial charge is 0.493 e. The van der Waals surface area contributed by atoms with Crippen LogP contribution in [0.1, 0.15) is 51.3 Å². The Hall–Kier alpha value is -3.33. The number of methoxy groups -OCH3 is 2. The number of ether oxygens (including phenoxy) is 2. The Morgan fingerprint density at radius 1 is 1.11 bits per heavy atom. The summed E-state index contributed by atoms with van der Waals surface area (Å²) < 4.78 is 12.6. The van der Waals surface area contributed by atoms with Crippen LogP contribution in [0.3, 0.4) is 0 Å². The summed E-state index contributed by atoms with van der Waals surface area (Å²) >= 11 is 1.52. The van der Waals surface area contributed by atoms with Crippen LogP contribution in [0.5, 0.6) is 11.5 Å². The normalized spacial score (nSPS) is 14.3. The van der Waals surface area contributed by atoms with Crippen LogP contribution in [0.15, 0.2) is 52.4 Å². The summed E-state index contributed by atoms with van der Waals surface area (Å²) in [5.74, 6) is 1.81. The number of carbonyl (C=O) groups is 1. The average molecular weight is 496 g/mol. The van der Waals surface area contributed by atoms with Gasteiger partial charge in [-0.1, -0.05) is 50.1 Å². The lowest BCUT2D eigenvalue weighted by atomic mass is 10.0. The molecule has 2 aromatic carbocycles. The molecule has 1 aliphatic rings. The van der Waals surface area contributed by atoms with Crippen LogP contribution in [0, 0.1) is 0 Å². The Morgan fingerprint density at radius 3 is 2.60 bits per heavy atom. The van der Waals surface area contributed by atoms with E-state index in [9.17, 15) is 9.59 Å². The first-order chi connectivity index (χ1) is 17.0. The highest BCUT2D eigenvalue weighted by atomic mass is 32.2. The number of benzene rings is 2. The molecule has 9 heteroatoms. The molecule has 0 radical (unpaired) electrons. The molecule has 0 saturated carbocycles. The summed E-state index contributed by atoms with van der Waals surface area (Å²) in [4.78, 5) is 31.0. The van der Waals surface area contributed by atoms with Gasteiger partial charge in [0.05, 0.1) is 25.5 Å². The van der Waals surface area contributed by atoms with Gasteiger partial charge in [0.25, 0.3) is 6.17 Å². The molecular formula is C26H31N4O4S+. The van der Waals surface area contributed by atoms with Crippen LogP contribution in [0.2, 0.25) is 0 Å². The van der Waals surface area contributed by atoms with E-state index < -0.39 is 6.17 Å². The quantitative estimate of drug-likeness (QED) is 0.270. The second-order valence-corrected chi connectivity index (χ2v) is 9.44. The summed E-state index contributed by atoms with van der Waals surface area (Å²) in [6.45, 7) is 3.70. The molecule has 1 N–H and O–H groups in total. The minimum absolute atomic E-state index is 0.161. The Morgan fingerprint density at radius 2 is 1.89 bits per heavy atom. The number of unbranched alkanes of at least 4 members (excludes halogenated alkanes) is 3. The van der Waals surface area contributed by atoms with Crippen molar-refractivity contribution in [3.8, 4) is 22.8 Å². The van der Waals surface area contributed by atoms with Gasteiger partial charge in [-0.2, -0.15) is 0 Å². The fourth-order valence-electron chi connectivity index (χ4n) is 4.39. The smallest absolute Gasteiger partial charge is 0.325 e. The highest BCUT2D eigenvalue weighted by Gasteiger charge is 2.45. The van der Waals surface area contributed by atoms with Gasteiger partial charge in [0.2, 0.25) is 11.1 Å². The van der Waals surface area contributed by atoms with Gasteiger partial charge >= 0.3 is 11.3 Å². The van der Waals surface area contributed by atoms with Crippen molar-refractivity contribution in [2.45, 2.75) is 50.9 Å². The van der Waals surface area contributed by atoms with Gasteiger partial charge in [-0.05, 0) is 41.4 Å². The lowest BCUT2D eigenvalue weighted by Gasteiger charge is -2.31. The lowest BCUT2D eigenvalue weighted by Crippen LogP contribution is -2.60. The summed E-state index contributed by atoms with van der Waals surface area (Å²) in [5.41, 5.74) is 2.24. The van der Waals surface area contributed by atoms with E-state index in [0.717, 1.165) is 24.2 Å². The Kier molecular flexibility index (Phi) is 7.75. The standard InChI is InChI=1S/C26H30N4O4S/c1-5-6-7-10-15-35-26-27-24(32)23-19-11-8-9-12-20(19)29(17(2)31)25(30(23)28-26)18-13-14-21(33-3)22(16-18)34-4/h8-9,11-14,16,25H,5-7,10,15H2,1-4H3/p+1/t25-/m1/s1. The molecule has 1 amide bonds. The fourth-order valence-corrected chi connectivity index (χ4v) is 5.24. The average Bonchev–Trinajstić information content (AvgIpc) is 2.86. The second kappa shape index (κ2) is 10.9. The third-order valence-electron chi connectivity index (χ3n) is 6.04. The van der Waals surface area contributed by atoms with Crippen molar-refractivity contribution in [2.24, 2.45) is 0 Å². The van der Waals surface area contributed by atoms with Crippen molar-refractivity contribution in [2.75, 3.05) is 24.9 Å². The van der Waals surface area contributed by atoms with E-state index in [1.807, 2.05) is 36.4 Å². The van der Waals surface area contributed by atoms with E-state index in [-0.39, 0.29) is 11.5 Å². The number of H-pyrrole nitrogens is 1. The molecule has 0 aliphatic carbocycles. The number of aromatic amines is 1. The number of hydrogen-bond donors (Lipinski definition) is 1. The van der Waals surface area contributed by atoms with Gasteiger partial charge in [-0.25, -0.2) is 4.90 Å². The summed E-state index contributed by atoms with van der Waals surface area (Å²) in [6, 6.07) is 12.9. The number of aromatic nitrogens is 3. The van der Waals surface area contributed by atoms with E-state index in [1.165, 1.54) is 31.5 Å². The highest BCUT2D eigenvalue weighted by Crippen LogP contribution is 2.39. The van der Waals surface area contributed by atoms with Gasteiger partial charge in [0, 0.05) is 23.3 Å². The molecule has 35 heavy (non-hydrogen) atoms. The molecule has 184 valence electrons. The number of rotatable bonds is 9. The van der Waals surface area contributed by atoms with Crippen LogP contribution in [-0.4, -0.2) is 36.0 Å². The van der Waals surface area contributed by atoms with Crippen LogP contribution in [-0.2, 0) is 4.79 Å². The maximum atomic E-state index is 13.4. The third-order valence-corrected chi connectivity index (χ3v) is 6.99. The first-order valence-corrected chi connectivity index (χ1v) is 12.8. The Bertz CT molecular complexity index is 1280. The third kappa shape index (κ3) is 4.91. The number of amides is 1. The fraction of sp³-hybridized carbons (Fsp3) is 0.385. The van der Waals surface area contributed by atoms with Gasteiger partial charge in [0.1, 0.15) is 0 Å². The van der Waals surface area contributed by atoms with Crippen LogP contribution >= 0.6 is 11.8 Å². The molecule has 0 unspecified atom stereocenters. The van der Waals surface area contributed by atoms with Crippen molar-refractivity contribution in [3.63, 3.8) is 0 Å². The van der Waals surface area contributed by atoms with E-state index in [0.29, 0.717) is 33.6 Å². The highest BCUT2D eigenvalue weighted by molar-refractivity contribution is 7.99. The van der Waals surface area contributed by atoms with Crippen molar-refractivity contribution in [1.29, 1.82) is 0 Å². The predicted octanol–water partition coefficient (Wildman–Crippen LogP) is 4.33. The molecule has 0 spiro atoms. The number of carbonyl (C=O) groups excluding carboxylic acids is 1. The van der Waals surface area contributed by atoms with Crippen LogP contribution in [0.4, 0.5) is 5.69 Å². The lowest BCUT2D eigenvalue weighted by molar-refractivity contribution is -0.763. The number of para-hydroxylation sites is 1. The van der Waals surface area contributed by atoms with E-state index >= 15 is 0 Å². The number of thioether (sulfide) groups is 1. The minimum atomic E-state index is -0.668. The van der Waals surface area contributed by atoms with Crippen LogP contribution < -0.4 is 24.6 Å². The summed E-state index contributed by atoms with van der Waals surface area (Å²) in [7, 11) is 3.14. The molecule has 1 aromatic heterocycles. The second-order valence-electron chi connectivity index (χ2n) is 8.36. The number of fused-ring (bicyclic) bond motifs is 3. The maximum Gasteiger partial charge on any atom is 0.325 e. The van der Waals surface area contributed by atoms with E-state index in [2.05, 4.69) is 11.9 Å². The van der Waals surface area contributed by atoms with E-state index in [4.69, 9.17) is 14.6 Å². The molecule has 2 heterocycles. The van der Waals surface area contributed by atoms with Crippen molar-refractivity contribution in [3.05, 3.63) is 58.4 Å². The Labute approximate surface area is 209 Å². The molecule has 1 atom stereocenters. The number of nitrogens with zero attached hydrogens (tertiary/aromatic N) is 3. The SMILES string of the molecule is CCCCCCSc1n[n+]2c(c(=O)[nH]1)-c1ccccc1N(C(C)=O)[C@H]2c1ccc(OC)c(OC)c1. The van der Waals surface area contributed by atoms with Gasteiger partial charge < -0.3 is 9.47 Å².